The maximum atomic E-state index is 4.50. The molecule has 0 saturated carbocycles. The van der Waals surface area contributed by atoms with Crippen molar-refractivity contribution in [3.63, 3.8) is 0 Å². The van der Waals surface area contributed by atoms with Gasteiger partial charge in [0.2, 0.25) is 0 Å². The van der Waals surface area contributed by atoms with Crippen LogP contribution in [0, 0.1) is 5.92 Å². The number of rotatable bonds is 7. The van der Waals surface area contributed by atoms with Crippen molar-refractivity contribution in [3.8, 4) is 0 Å². The zero-order valence-corrected chi connectivity index (χ0v) is 9.74. The third kappa shape index (κ3) is 7.02. The predicted octanol–water partition coefficient (Wildman–Crippen LogP) is 4.30. The fraction of sp³-hybridized carbons (Fsp3) is 1.00. The summed E-state index contributed by atoms with van der Waals surface area (Å²) < 4.78 is 0. The number of thiol groups is 1. The zero-order valence-electron chi connectivity index (χ0n) is 8.84. The van der Waals surface area contributed by atoms with Crippen molar-refractivity contribution in [1.82, 2.24) is 0 Å². The van der Waals surface area contributed by atoms with E-state index in [-0.39, 0.29) is 0 Å². The molecule has 0 aromatic rings. The molecule has 0 saturated heterocycles. The normalized spacial score (nSPS) is 16.0. The minimum absolute atomic E-state index is 0.633. The minimum atomic E-state index is 0.633. The second kappa shape index (κ2) is 7.97. The van der Waals surface area contributed by atoms with Crippen LogP contribution in [0.15, 0.2) is 0 Å². The van der Waals surface area contributed by atoms with Gasteiger partial charge in [-0.25, -0.2) is 0 Å². The van der Waals surface area contributed by atoms with E-state index in [0.717, 1.165) is 5.92 Å². The lowest BCUT2D eigenvalue weighted by molar-refractivity contribution is 0.452. The summed E-state index contributed by atoms with van der Waals surface area (Å²) in [6, 6.07) is 0. The molecule has 0 fully saturated rings. The van der Waals surface area contributed by atoms with Gasteiger partial charge < -0.3 is 0 Å². The van der Waals surface area contributed by atoms with Crippen LogP contribution < -0.4 is 0 Å². The van der Waals surface area contributed by atoms with Crippen molar-refractivity contribution in [2.45, 2.75) is 64.5 Å². The summed E-state index contributed by atoms with van der Waals surface area (Å²) in [6.45, 7) is 6.85. The third-order valence-corrected chi connectivity index (χ3v) is 3.14. The molecule has 0 aliphatic rings. The van der Waals surface area contributed by atoms with Gasteiger partial charge in [-0.2, -0.15) is 12.6 Å². The molecule has 0 aromatic heterocycles. The maximum absolute atomic E-state index is 4.50. The van der Waals surface area contributed by atoms with Crippen molar-refractivity contribution in [3.05, 3.63) is 0 Å². The van der Waals surface area contributed by atoms with Gasteiger partial charge in [0.25, 0.3) is 0 Å². The van der Waals surface area contributed by atoms with Crippen LogP contribution >= 0.6 is 12.6 Å². The summed E-state index contributed by atoms with van der Waals surface area (Å²) in [5, 5.41) is 0.633. The Bertz CT molecular complexity index is 91.0. The summed E-state index contributed by atoms with van der Waals surface area (Å²) in [5.41, 5.74) is 0. The predicted molar refractivity (Wildman–Crippen MR) is 61.0 cm³/mol. The van der Waals surface area contributed by atoms with Crippen LogP contribution in [0.25, 0.3) is 0 Å². The minimum Gasteiger partial charge on any atom is -0.176 e. The first kappa shape index (κ1) is 12.3. The van der Waals surface area contributed by atoms with E-state index in [0.29, 0.717) is 5.25 Å². The average Bonchev–Trinajstić information content (AvgIpc) is 2.10. The Morgan fingerprint density at radius 1 is 1.08 bits per heavy atom. The van der Waals surface area contributed by atoms with Gasteiger partial charge in [0.05, 0.1) is 0 Å². The first-order valence-corrected chi connectivity index (χ1v) is 5.90. The van der Waals surface area contributed by atoms with Gasteiger partial charge >= 0.3 is 0 Å². The van der Waals surface area contributed by atoms with Crippen molar-refractivity contribution in [2.75, 3.05) is 0 Å². The molecule has 74 valence electrons. The van der Waals surface area contributed by atoms with Gasteiger partial charge in [-0.15, -0.1) is 0 Å². The van der Waals surface area contributed by atoms with Crippen molar-refractivity contribution >= 4 is 12.6 Å². The highest BCUT2D eigenvalue weighted by Gasteiger charge is 2.04. The standard InChI is InChI=1S/C11H24S/c1-4-6-7-10(3)8-9-11(12)5-2/h10-12H,4-9H2,1-3H3. The van der Waals surface area contributed by atoms with E-state index in [1.54, 1.807) is 0 Å². The average molecular weight is 188 g/mol. The van der Waals surface area contributed by atoms with E-state index in [4.69, 9.17) is 0 Å². The van der Waals surface area contributed by atoms with Crippen molar-refractivity contribution < 1.29 is 0 Å². The summed E-state index contributed by atoms with van der Waals surface area (Å²) in [6.07, 6.45) is 8.00. The van der Waals surface area contributed by atoms with Gasteiger partial charge in [0.15, 0.2) is 0 Å². The molecule has 0 spiro atoms. The molecule has 0 aliphatic heterocycles. The zero-order chi connectivity index (χ0) is 9.40. The highest BCUT2D eigenvalue weighted by atomic mass is 32.1. The fourth-order valence-corrected chi connectivity index (χ4v) is 1.53. The topological polar surface area (TPSA) is 0 Å². The number of hydrogen-bond acceptors (Lipinski definition) is 1. The van der Waals surface area contributed by atoms with Gasteiger partial charge in [-0.3, -0.25) is 0 Å². The van der Waals surface area contributed by atoms with Crippen LogP contribution in [0.2, 0.25) is 0 Å². The Balaban J connectivity index is 3.24. The lowest BCUT2D eigenvalue weighted by Gasteiger charge is -2.13. The molecule has 1 heteroatoms. The molecular weight excluding hydrogens is 164 g/mol. The van der Waals surface area contributed by atoms with Gasteiger partial charge in [0.1, 0.15) is 0 Å². The molecule has 0 N–H and O–H groups in total. The third-order valence-electron chi connectivity index (χ3n) is 2.51. The molecule has 0 nitrogen and oxygen atoms in total. The molecule has 0 bridgehead atoms. The Morgan fingerprint density at radius 3 is 2.25 bits per heavy atom. The van der Waals surface area contributed by atoms with Crippen LogP contribution in [0.3, 0.4) is 0 Å². The van der Waals surface area contributed by atoms with Crippen LogP contribution in [0.1, 0.15) is 59.3 Å². The van der Waals surface area contributed by atoms with Crippen molar-refractivity contribution in [2.24, 2.45) is 5.92 Å². The molecule has 0 aromatic carbocycles. The maximum Gasteiger partial charge on any atom is 0.00142 e. The van der Waals surface area contributed by atoms with E-state index in [9.17, 15) is 0 Å². The Hall–Kier alpha value is 0.350. The SMILES string of the molecule is CCCCC(C)CCC(S)CC. The summed E-state index contributed by atoms with van der Waals surface area (Å²) in [5.74, 6) is 0.908. The highest BCUT2D eigenvalue weighted by molar-refractivity contribution is 7.80. The quantitative estimate of drug-likeness (QED) is 0.566. The van der Waals surface area contributed by atoms with Crippen LogP contribution in [0.4, 0.5) is 0 Å². The summed E-state index contributed by atoms with van der Waals surface area (Å²) in [4.78, 5) is 0. The molecule has 0 aliphatic carbocycles. The van der Waals surface area contributed by atoms with Crippen LogP contribution in [-0.4, -0.2) is 5.25 Å². The lowest BCUT2D eigenvalue weighted by Crippen LogP contribution is -2.01. The molecule has 0 radical (unpaired) electrons. The molecule has 0 rings (SSSR count). The molecular formula is C11H24S. The monoisotopic (exact) mass is 188 g/mol. The molecule has 12 heavy (non-hydrogen) atoms. The second-order valence-corrected chi connectivity index (χ2v) is 4.62. The fourth-order valence-electron chi connectivity index (χ4n) is 1.38. The highest BCUT2D eigenvalue weighted by Crippen LogP contribution is 2.18. The van der Waals surface area contributed by atoms with E-state index >= 15 is 0 Å². The Kier molecular flexibility index (Phi) is 8.20. The smallest absolute Gasteiger partial charge is 0.00142 e. The molecule has 2 unspecified atom stereocenters. The van der Waals surface area contributed by atoms with E-state index in [2.05, 4.69) is 33.4 Å². The molecule has 0 heterocycles. The van der Waals surface area contributed by atoms with E-state index in [1.807, 2.05) is 0 Å². The lowest BCUT2D eigenvalue weighted by atomic mass is 9.97. The Morgan fingerprint density at radius 2 is 1.75 bits per heavy atom. The first-order chi connectivity index (χ1) is 5.70. The second-order valence-electron chi connectivity index (χ2n) is 3.89. The molecule has 2 atom stereocenters. The van der Waals surface area contributed by atoms with Gasteiger partial charge in [0, 0.05) is 5.25 Å². The van der Waals surface area contributed by atoms with Crippen molar-refractivity contribution in [1.29, 1.82) is 0 Å². The largest absolute Gasteiger partial charge is 0.176 e. The summed E-state index contributed by atoms with van der Waals surface area (Å²) >= 11 is 4.50. The first-order valence-electron chi connectivity index (χ1n) is 5.38. The number of hydrogen-bond donors (Lipinski definition) is 1. The summed E-state index contributed by atoms with van der Waals surface area (Å²) in [7, 11) is 0. The Labute approximate surface area is 83.5 Å². The van der Waals surface area contributed by atoms with E-state index < -0.39 is 0 Å². The van der Waals surface area contributed by atoms with Crippen LogP contribution in [-0.2, 0) is 0 Å². The van der Waals surface area contributed by atoms with E-state index in [1.165, 1.54) is 38.5 Å². The molecule has 0 amide bonds. The van der Waals surface area contributed by atoms with Gasteiger partial charge in [-0.1, -0.05) is 40.0 Å². The van der Waals surface area contributed by atoms with Crippen LogP contribution in [0.5, 0.6) is 0 Å². The van der Waals surface area contributed by atoms with Gasteiger partial charge in [-0.05, 0) is 25.2 Å². The number of unbranched alkanes of at least 4 members (excludes halogenated alkanes) is 1.